The Morgan fingerprint density at radius 2 is 1.86 bits per heavy atom. The van der Waals surface area contributed by atoms with Crippen LogP contribution in [0.3, 0.4) is 0 Å². The lowest BCUT2D eigenvalue weighted by atomic mass is 9.67. The Morgan fingerprint density at radius 1 is 1.14 bits per heavy atom. The summed E-state index contributed by atoms with van der Waals surface area (Å²) in [5.41, 5.74) is 7.28. The zero-order valence-corrected chi connectivity index (χ0v) is 17.2. The second-order valence-electron chi connectivity index (χ2n) is 9.06. The van der Waals surface area contributed by atoms with E-state index in [-0.39, 0.29) is 0 Å². The average molecular weight is 389 g/mol. The highest BCUT2D eigenvalue weighted by atomic mass is 16.4. The molecule has 2 heterocycles. The summed E-state index contributed by atoms with van der Waals surface area (Å²) in [6.07, 6.45) is 7.21. The summed E-state index contributed by atoms with van der Waals surface area (Å²) in [6.45, 7) is 6.46. The summed E-state index contributed by atoms with van der Waals surface area (Å²) in [4.78, 5) is 17.3. The van der Waals surface area contributed by atoms with Gasteiger partial charge in [-0.25, -0.2) is 4.79 Å². The fourth-order valence-corrected chi connectivity index (χ4v) is 5.94. The maximum absolute atomic E-state index is 11.3. The Kier molecular flexibility index (Phi) is 4.28. The Labute approximate surface area is 171 Å². The number of nitrogens with one attached hydrogen (secondary N) is 1. The molecule has 1 aliphatic carbocycles. The van der Waals surface area contributed by atoms with Crippen molar-refractivity contribution >= 4 is 16.9 Å². The molecule has 3 aromatic rings. The molecule has 1 aliphatic heterocycles. The molecule has 5 rings (SSSR count). The monoisotopic (exact) mass is 388 g/mol. The Hall–Kier alpha value is -2.59. The Bertz CT molecular complexity index is 1070. The van der Waals surface area contributed by atoms with Crippen molar-refractivity contribution in [3.63, 3.8) is 0 Å². The largest absolute Gasteiger partial charge is 0.478 e. The summed E-state index contributed by atoms with van der Waals surface area (Å²) in [7, 11) is 0. The molecule has 1 saturated carbocycles. The van der Waals surface area contributed by atoms with Gasteiger partial charge in [-0.2, -0.15) is 0 Å². The summed E-state index contributed by atoms with van der Waals surface area (Å²) >= 11 is 0. The zero-order chi connectivity index (χ0) is 20.2. The molecule has 2 N–H and O–H groups in total. The molecule has 4 nitrogen and oxygen atoms in total. The molecule has 1 aromatic heterocycles. The van der Waals surface area contributed by atoms with E-state index in [9.17, 15) is 9.90 Å². The van der Waals surface area contributed by atoms with Crippen LogP contribution in [-0.2, 0) is 6.54 Å². The second-order valence-corrected chi connectivity index (χ2v) is 9.06. The number of nitrogens with zero attached hydrogens (tertiary/aromatic N) is 1. The first-order valence-electron chi connectivity index (χ1n) is 10.6. The van der Waals surface area contributed by atoms with Gasteiger partial charge in [0, 0.05) is 41.6 Å². The molecule has 0 bridgehead atoms. The number of hydrogen-bond acceptors (Lipinski definition) is 2. The number of carboxylic acid groups (broad SMARTS) is 1. The molecule has 4 heteroatoms. The average Bonchev–Trinajstić information content (AvgIpc) is 3.35. The number of hydrogen-bond donors (Lipinski definition) is 2. The van der Waals surface area contributed by atoms with Gasteiger partial charge in [-0.3, -0.25) is 4.90 Å². The lowest BCUT2D eigenvalue weighted by Gasteiger charge is -2.57. The van der Waals surface area contributed by atoms with Crippen molar-refractivity contribution in [2.45, 2.75) is 52.1 Å². The first kappa shape index (κ1) is 18.4. The van der Waals surface area contributed by atoms with Crippen LogP contribution >= 0.6 is 0 Å². The van der Waals surface area contributed by atoms with Gasteiger partial charge in [0.1, 0.15) is 0 Å². The van der Waals surface area contributed by atoms with Gasteiger partial charge in [-0.05, 0) is 67.1 Å². The Morgan fingerprint density at radius 3 is 2.55 bits per heavy atom. The van der Waals surface area contributed by atoms with E-state index < -0.39 is 5.97 Å². The van der Waals surface area contributed by atoms with Crippen LogP contribution in [0.1, 0.15) is 64.3 Å². The Balaban J connectivity index is 1.50. The van der Waals surface area contributed by atoms with Crippen molar-refractivity contribution in [1.29, 1.82) is 0 Å². The third-order valence-corrected chi connectivity index (χ3v) is 7.27. The van der Waals surface area contributed by atoms with E-state index >= 15 is 0 Å². The van der Waals surface area contributed by atoms with Crippen LogP contribution in [-0.4, -0.2) is 27.5 Å². The molecule has 1 saturated heterocycles. The topological polar surface area (TPSA) is 56.3 Å². The van der Waals surface area contributed by atoms with Gasteiger partial charge >= 0.3 is 5.97 Å². The van der Waals surface area contributed by atoms with E-state index in [1.807, 2.05) is 18.3 Å². The minimum Gasteiger partial charge on any atom is -0.478 e. The van der Waals surface area contributed by atoms with E-state index in [0.29, 0.717) is 17.0 Å². The summed E-state index contributed by atoms with van der Waals surface area (Å²) in [6, 6.07) is 12.5. The van der Waals surface area contributed by atoms with Crippen molar-refractivity contribution in [2.24, 2.45) is 5.41 Å². The maximum atomic E-state index is 11.3. The number of aryl methyl sites for hydroxylation is 2. The minimum absolute atomic E-state index is 0.362. The summed E-state index contributed by atoms with van der Waals surface area (Å²) in [5.74, 6) is -0.859. The van der Waals surface area contributed by atoms with Crippen LogP contribution in [0, 0.1) is 19.3 Å². The highest BCUT2D eigenvalue weighted by Gasteiger charge is 2.53. The van der Waals surface area contributed by atoms with Crippen LogP contribution in [0.2, 0.25) is 0 Å². The van der Waals surface area contributed by atoms with Crippen molar-refractivity contribution in [3.05, 3.63) is 70.4 Å². The molecule has 29 heavy (non-hydrogen) atoms. The lowest BCUT2D eigenvalue weighted by Crippen LogP contribution is -2.56. The molecule has 1 spiro atoms. The number of aromatic nitrogens is 1. The third-order valence-electron chi connectivity index (χ3n) is 7.27. The third kappa shape index (κ3) is 2.89. The smallest absolute Gasteiger partial charge is 0.335 e. The molecular formula is C25H28N2O2. The van der Waals surface area contributed by atoms with Gasteiger partial charge in [0.05, 0.1) is 5.56 Å². The first-order valence-corrected chi connectivity index (χ1v) is 10.6. The van der Waals surface area contributed by atoms with Crippen LogP contribution in [0.15, 0.2) is 42.6 Å². The fourth-order valence-electron chi connectivity index (χ4n) is 5.94. The number of carbonyl (C=O) groups is 1. The van der Waals surface area contributed by atoms with Crippen molar-refractivity contribution in [1.82, 2.24) is 9.88 Å². The van der Waals surface area contributed by atoms with Crippen molar-refractivity contribution in [3.8, 4) is 0 Å². The number of H-pyrrole nitrogens is 1. The highest BCUT2D eigenvalue weighted by Crippen LogP contribution is 2.58. The molecular weight excluding hydrogens is 360 g/mol. The van der Waals surface area contributed by atoms with Crippen LogP contribution < -0.4 is 0 Å². The van der Waals surface area contributed by atoms with Crippen LogP contribution in [0.25, 0.3) is 10.9 Å². The fraction of sp³-hybridized carbons (Fsp3) is 0.400. The number of carboxylic acids is 1. The molecule has 0 amide bonds. The number of benzene rings is 2. The predicted molar refractivity (Wildman–Crippen MR) is 115 cm³/mol. The molecule has 1 atom stereocenters. The maximum Gasteiger partial charge on any atom is 0.335 e. The minimum atomic E-state index is -0.859. The molecule has 2 aromatic carbocycles. The number of likely N-dealkylation sites (tertiary alicyclic amines) is 1. The number of aromatic amines is 1. The van der Waals surface area contributed by atoms with Gasteiger partial charge in [0.15, 0.2) is 0 Å². The number of rotatable bonds is 4. The molecule has 0 radical (unpaired) electrons. The lowest BCUT2D eigenvalue weighted by molar-refractivity contribution is -0.0798. The molecule has 1 unspecified atom stereocenters. The van der Waals surface area contributed by atoms with Gasteiger partial charge in [-0.1, -0.05) is 31.0 Å². The quantitative estimate of drug-likeness (QED) is 0.612. The van der Waals surface area contributed by atoms with Gasteiger partial charge in [0.2, 0.25) is 0 Å². The van der Waals surface area contributed by atoms with Crippen molar-refractivity contribution in [2.75, 3.05) is 6.54 Å². The van der Waals surface area contributed by atoms with E-state index in [2.05, 4.69) is 35.9 Å². The summed E-state index contributed by atoms with van der Waals surface area (Å²) in [5, 5.41) is 10.6. The standard InChI is InChI=1S/C25H28N2O2/c1-16-13-17(2)22-20(9-12-26-22)21(16)14-27-15-25(10-3-4-11-25)23(27)18-5-7-19(8-6-18)24(28)29/h5-9,12-13,23,26H,3-4,10-11,14-15H2,1-2H3,(H,28,29). The van der Waals surface area contributed by atoms with Crippen molar-refractivity contribution < 1.29 is 9.90 Å². The summed E-state index contributed by atoms with van der Waals surface area (Å²) < 4.78 is 0. The molecule has 2 fully saturated rings. The van der Waals surface area contributed by atoms with E-state index in [1.54, 1.807) is 12.1 Å². The van der Waals surface area contributed by atoms with Gasteiger partial charge < -0.3 is 10.1 Å². The van der Waals surface area contributed by atoms with E-state index in [4.69, 9.17) is 0 Å². The SMILES string of the molecule is Cc1cc(C)c2[nH]ccc2c1CN1CC2(CCCC2)C1c1ccc(C(=O)O)cc1. The molecule has 2 aliphatic rings. The van der Waals surface area contributed by atoms with E-state index in [0.717, 1.165) is 13.1 Å². The van der Waals surface area contributed by atoms with Crippen LogP contribution in [0.5, 0.6) is 0 Å². The van der Waals surface area contributed by atoms with Gasteiger partial charge in [-0.15, -0.1) is 0 Å². The van der Waals surface area contributed by atoms with E-state index in [1.165, 1.54) is 58.8 Å². The normalized spacial score (nSPS) is 21.0. The number of aromatic carboxylic acids is 1. The molecule has 150 valence electrons. The predicted octanol–water partition coefficient (Wildman–Crippen LogP) is 5.60. The van der Waals surface area contributed by atoms with Crippen LogP contribution in [0.4, 0.5) is 0 Å². The zero-order valence-electron chi connectivity index (χ0n) is 17.2. The first-order chi connectivity index (χ1) is 14.0. The second kappa shape index (κ2) is 6.74. The van der Waals surface area contributed by atoms with Gasteiger partial charge in [0.25, 0.3) is 0 Å². The number of fused-ring (bicyclic) bond motifs is 1. The highest BCUT2D eigenvalue weighted by molar-refractivity contribution is 5.88.